The molecule has 1 unspecified atom stereocenters. The number of allylic oxidation sites excluding steroid dienone is 4. The van der Waals surface area contributed by atoms with Crippen molar-refractivity contribution in [1.29, 1.82) is 0 Å². The quantitative estimate of drug-likeness (QED) is 0.844. The zero-order valence-corrected chi connectivity index (χ0v) is 14.6. The van der Waals surface area contributed by atoms with Crippen LogP contribution >= 0.6 is 0 Å². The van der Waals surface area contributed by atoms with E-state index >= 15 is 0 Å². The van der Waals surface area contributed by atoms with Crippen LogP contribution in [-0.2, 0) is 4.79 Å². The molecule has 1 amide bonds. The summed E-state index contributed by atoms with van der Waals surface area (Å²) < 4.78 is 0. The molecular weight excluding hydrogens is 312 g/mol. The Balaban J connectivity index is 1.80. The molecule has 4 rings (SSSR count). The van der Waals surface area contributed by atoms with Crippen LogP contribution in [0.5, 0.6) is 0 Å². The van der Waals surface area contributed by atoms with Crippen LogP contribution in [0.1, 0.15) is 31.7 Å². The molecule has 1 aliphatic carbocycles. The predicted molar refractivity (Wildman–Crippen MR) is 96.4 cm³/mol. The Bertz CT molecular complexity index is 882. The number of nitrogens with zero attached hydrogens (tertiary/aromatic N) is 4. The van der Waals surface area contributed by atoms with E-state index in [1.807, 2.05) is 50.2 Å². The van der Waals surface area contributed by atoms with Crippen LogP contribution < -0.4 is 4.90 Å². The highest BCUT2D eigenvalue weighted by molar-refractivity contribution is 6.04. The minimum atomic E-state index is -0.437. The molecule has 2 aromatic heterocycles. The van der Waals surface area contributed by atoms with Gasteiger partial charge in [-0.3, -0.25) is 14.7 Å². The third kappa shape index (κ3) is 2.47. The van der Waals surface area contributed by atoms with Gasteiger partial charge in [-0.2, -0.15) is 0 Å². The Morgan fingerprint density at radius 1 is 1.20 bits per heavy atom. The Morgan fingerprint density at radius 2 is 1.96 bits per heavy atom. The first kappa shape index (κ1) is 15.7. The number of carbonyl (C=O) groups is 1. The summed E-state index contributed by atoms with van der Waals surface area (Å²) in [6.45, 7) is 5.92. The van der Waals surface area contributed by atoms with Crippen molar-refractivity contribution in [3.05, 3.63) is 66.2 Å². The minimum absolute atomic E-state index is 0.117. The molecule has 2 aromatic rings. The molecule has 0 N–H and O–H groups in total. The molecule has 5 nitrogen and oxygen atoms in total. The van der Waals surface area contributed by atoms with Crippen molar-refractivity contribution in [2.45, 2.75) is 27.2 Å². The summed E-state index contributed by atoms with van der Waals surface area (Å²) in [5.74, 6) is 1.03. The summed E-state index contributed by atoms with van der Waals surface area (Å²) in [6.07, 6.45) is 12.2. The summed E-state index contributed by atoms with van der Waals surface area (Å²) in [4.78, 5) is 27.7. The molecule has 25 heavy (non-hydrogen) atoms. The number of pyridine rings is 1. The van der Waals surface area contributed by atoms with Crippen LogP contribution in [0.15, 0.2) is 54.8 Å². The maximum Gasteiger partial charge on any atom is 0.237 e. The number of fused-ring (bicyclic) bond motifs is 1. The van der Waals surface area contributed by atoms with Crippen molar-refractivity contribution < 1.29 is 4.79 Å². The van der Waals surface area contributed by atoms with Gasteiger partial charge >= 0.3 is 0 Å². The predicted octanol–water partition coefficient (Wildman–Crippen LogP) is 3.54. The fraction of sp³-hybridized carbons (Fsp3) is 0.300. The summed E-state index contributed by atoms with van der Waals surface area (Å²) >= 11 is 0. The maximum atomic E-state index is 13.1. The smallest absolute Gasteiger partial charge is 0.237 e. The van der Waals surface area contributed by atoms with Crippen LogP contribution in [0.3, 0.4) is 0 Å². The first-order chi connectivity index (χ1) is 12.0. The van der Waals surface area contributed by atoms with Gasteiger partial charge in [-0.1, -0.05) is 19.9 Å². The minimum Gasteiger partial charge on any atom is -0.282 e. The standard InChI is InChI=1S/C20H20N4O/c1-13-22-10-15(11-23-13)14-6-7-17-18(9-14)24(19(25)20(17,2)3)16-5-4-8-21-12-16/h4-6,8-12,17H,7H2,1-3H3. The third-order valence-corrected chi connectivity index (χ3v) is 5.14. The van der Waals surface area contributed by atoms with Crippen LogP contribution in [0.25, 0.3) is 5.57 Å². The monoisotopic (exact) mass is 332 g/mol. The lowest BCUT2D eigenvalue weighted by Crippen LogP contribution is -2.31. The van der Waals surface area contributed by atoms with Crippen molar-refractivity contribution in [3.8, 4) is 0 Å². The van der Waals surface area contributed by atoms with E-state index in [0.29, 0.717) is 0 Å². The van der Waals surface area contributed by atoms with Gasteiger partial charge in [0.05, 0.1) is 17.3 Å². The molecule has 0 spiro atoms. The van der Waals surface area contributed by atoms with E-state index in [9.17, 15) is 4.79 Å². The Morgan fingerprint density at radius 3 is 2.64 bits per heavy atom. The number of amides is 1. The highest BCUT2D eigenvalue weighted by atomic mass is 16.2. The molecule has 1 atom stereocenters. The lowest BCUT2D eigenvalue weighted by Gasteiger charge is -2.26. The highest BCUT2D eigenvalue weighted by Crippen LogP contribution is 2.50. The molecule has 1 aliphatic heterocycles. The SMILES string of the molecule is Cc1ncc(C2=CCC3C(=C2)N(c2cccnc2)C(=O)C3(C)C)cn1. The number of hydrogen-bond donors (Lipinski definition) is 0. The first-order valence-corrected chi connectivity index (χ1v) is 8.44. The lowest BCUT2D eigenvalue weighted by molar-refractivity contribution is -0.125. The number of carbonyl (C=O) groups excluding carboxylic acids is 1. The topological polar surface area (TPSA) is 59.0 Å². The Kier molecular flexibility index (Phi) is 3.53. The van der Waals surface area contributed by atoms with Crippen molar-refractivity contribution in [2.24, 2.45) is 11.3 Å². The largest absolute Gasteiger partial charge is 0.282 e. The fourth-order valence-electron chi connectivity index (χ4n) is 3.62. The van der Waals surface area contributed by atoms with Gasteiger partial charge in [0.25, 0.3) is 0 Å². The van der Waals surface area contributed by atoms with E-state index in [-0.39, 0.29) is 11.8 Å². The average Bonchev–Trinajstić information content (AvgIpc) is 2.82. The second-order valence-electron chi connectivity index (χ2n) is 7.11. The molecule has 1 fully saturated rings. The number of aryl methyl sites for hydroxylation is 1. The molecule has 0 bridgehead atoms. The fourth-order valence-corrected chi connectivity index (χ4v) is 3.62. The van der Waals surface area contributed by atoms with Gasteiger partial charge in [0.15, 0.2) is 0 Å². The zero-order chi connectivity index (χ0) is 17.6. The highest BCUT2D eigenvalue weighted by Gasteiger charge is 2.51. The Labute approximate surface area is 147 Å². The van der Waals surface area contributed by atoms with Crippen LogP contribution in [0.2, 0.25) is 0 Å². The lowest BCUT2D eigenvalue weighted by atomic mass is 9.75. The van der Waals surface area contributed by atoms with Crippen LogP contribution in [0, 0.1) is 18.3 Å². The molecule has 0 aromatic carbocycles. The van der Waals surface area contributed by atoms with E-state index in [0.717, 1.165) is 34.8 Å². The van der Waals surface area contributed by atoms with Crippen molar-refractivity contribution in [2.75, 3.05) is 4.90 Å². The van der Waals surface area contributed by atoms with Gasteiger partial charge in [0.1, 0.15) is 5.82 Å². The molecule has 126 valence electrons. The number of aromatic nitrogens is 3. The third-order valence-electron chi connectivity index (χ3n) is 5.14. The first-order valence-electron chi connectivity index (χ1n) is 8.44. The summed E-state index contributed by atoms with van der Waals surface area (Å²) in [5, 5.41) is 0. The van der Waals surface area contributed by atoms with Gasteiger partial charge < -0.3 is 0 Å². The van der Waals surface area contributed by atoms with E-state index in [4.69, 9.17) is 0 Å². The molecule has 3 heterocycles. The van der Waals surface area contributed by atoms with E-state index < -0.39 is 5.41 Å². The molecule has 0 radical (unpaired) electrons. The number of anilines is 1. The summed E-state index contributed by atoms with van der Waals surface area (Å²) in [6, 6.07) is 3.79. The van der Waals surface area contributed by atoms with E-state index in [2.05, 4.69) is 27.1 Å². The normalized spacial score (nSPS) is 21.6. The van der Waals surface area contributed by atoms with Gasteiger partial charge in [-0.15, -0.1) is 0 Å². The van der Waals surface area contributed by atoms with Gasteiger partial charge in [0, 0.05) is 35.8 Å². The van der Waals surface area contributed by atoms with Crippen molar-refractivity contribution in [3.63, 3.8) is 0 Å². The van der Waals surface area contributed by atoms with Crippen LogP contribution in [-0.4, -0.2) is 20.9 Å². The summed E-state index contributed by atoms with van der Waals surface area (Å²) in [5.41, 5.74) is 3.44. The van der Waals surface area contributed by atoms with Crippen molar-refractivity contribution >= 4 is 17.2 Å². The second kappa shape index (κ2) is 5.62. The molecule has 5 heteroatoms. The molecule has 1 saturated heterocycles. The molecule has 2 aliphatic rings. The molecular formula is C20H20N4O. The van der Waals surface area contributed by atoms with E-state index in [1.165, 1.54) is 0 Å². The van der Waals surface area contributed by atoms with Gasteiger partial charge in [-0.05, 0) is 37.1 Å². The number of hydrogen-bond acceptors (Lipinski definition) is 4. The maximum absolute atomic E-state index is 13.1. The Hall–Kier alpha value is -2.82. The van der Waals surface area contributed by atoms with Gasteiger partial charge in [0.2, 0.25) is 5.91 Å². The van der Waals surface area contributed by atoms with E-state index in [1.54, 1.807) is 12.4 Å². The van der Waals surface area contributed by atoms with Gasteiger partial charge in [-0.25, -0.2) is 9.97 Å². The van der Waals surface area contributed by atoms with Crippen LogP contribution in [0.4, 0.5) is 5.69 Å². The second-order valence-corrected chi connectivity index (χ2v) is 7.11. The molecule has 0 saturated carbocycles. The number of rotatable bonds is 2. The average molecular weight is 332 g/mol. The summed E-state index contributed by atoms with van der Waals surface area (Å²) in [7, 11) is 0. The van der Waals surface area contributed by atoms with Crippen molar-refractivity contribution in [1.82, 2.24) is 15.0 Å². The zero-order valence-electron chi connectivity index (χ0n) is 14.6.